The molecule has 0 aliphatic rings. The summed E-state index contributed by atoms with van der Waals surface area (Å²) in [5.41, 5.74) is 3.21. The minimum absolute atomic E-state index is 0.106. The highest BCUT2D eigenvalue weighted by Crippen LogP contribution is 2.20. The van der Waals surface area contributed by atoms with Crippen molar-refractivity contribution in [2.75, 3.05) is 6.54 Å². The smallest absolute Gasteiger partial charge is 0.267 e. The first kappa shape index (κ1) is 17.6. The average molecular weight is 354 g/mol. The molecule has 0 fully saturated rings. The number of amides is 1. The Hall–Kier alpha value is -3.22. The third kappa shape index (κ3) is 3.72. The van der Waals surface area contributed by atoms with Crippen molar-refractivity contribution in [3.63, 3.8) is 0 Å². The van der Waals surface area contributed by atoms with E-state index in [4.69, 9.17) is 0 Å². The van der Waals surface area contributed by atoms with Crippen LogP contribution in [0.1, 0.15) is 21.7 Å². The van der Waals surface area contributed by atoms with Crippen LogP contribution >= 0.6 is 0 Å². The lowest BCUT2D eigenvalue weighted by atomic mass is 10.1. The highest BCUT2D eigenvalue weighted by atomic mass is 19.1. The molecule has 0 aliphatic carbocycles. The predicted octanol–water partition coefficient (Wildman–Crippen LogP) is 2.42. The van der Waals surface area contributed by atoms with Crippen LogP contribution in [0.4, 0.5) is 4.39 Å². The van der Waals surface area contributed by atoms with Gasteiger partial charge in [-0.25, -0.2) is 9.37 Å². The number of carbonyl (C=O) groups is 1. The first-order chi connectivity index (χ1) is 12.5. The Morgan fingerprint density at radius 2 is 1.96 bits per heavy atom. The van der Waals surface area contributed by atoms with Crippen molar-refractivity contribution in [2.24, 2.45) is 0 Å². The summed E-state index contributed by atoms with van der Waals surface area (Å²) in [6.07, 6.45) is 3.18. The maximum atomic E-state index is 13.0. The second kappa shape index (κ2) is 7.35. The largest absolute Gasteiger partial charge is 0.357 e. The lowest BCUT2D eigenvalue weighted by molar-refractivity contribution is 0.0948. The lowest BCUT2D eigenvalue weighted by Crippen LogP contribution is -2.32. The van der Waals surface area contributed by atoms with Crippen LogP contribution in [-0.4, -0.2) is 27.0 Å². The molecule has 0 spiro atoms. The van der Waals surface area contributed by atoms with E-state index in [9.17, 15) is 14.0 Å². The number of aromatic amines is 1. The molecule has 2 N–H and O–H groups in total. The number of hydrogen-bond donors (Lipinski definition) is 2. The number of H-pyrrole nitrogens is 1. The van der Waals surface area contributed by atoms with Gasteiger partial charge < -0.3 is 10.3 Å². The molecular formula is C19H19FN4O2. The molecule has 1 amide bonds. The molecule has 2 heterocycles. The third-order valence-corrected chi connectivity index (χ3v) is 4.26. The zero-order valence-electron chi connectivity index (χ0n) is 14.5. The van der Waals surface area contributed by atoms with E-state index in [0.717, 1.165) is 11.1 Å². The van der Waals surface area contributed by atoms with Gasteiger partial charge in [0.05, 0.1) is 6.33 Å². The summed E-state index contributed by atoms with van der Waals surface area (Å²) in [7, 11) is 0. The van der Waals surface area contributed by atoms with Gasteiger partial charge in [-0.15, -0.1) is 0 Å². The number of nitrogens with zero attached hydrogens (tertiary/aromatic N) is 2. The van der Waals surface area contributed by atoms with E-state index < -0.39 is 0 Å². The number of aryl methyl sites for hydroxylation is 1. The molecule has 7 heteroatoms. The molecule has 2 aromatic heterocycles. The Labute approximate surface area is 149 Å². The van der Waals surface area contributed by atoms with E-state index in [1.165, 1.54) is 23.0 Å². The van der Waals surface area contributed by atoms with E-state index in [1.807, 2.05) is 0 Å². The quantitative estimate of drug-likeness (QED) is 0.738. The zero-order chi connectivity index (χ0) is 18.7. The highest BCUT2D eigenvalue weighted by Gasteiger charge is 2.10. The molecule has 0 unspecified atom stereocenters. The molecule has 0 radical (unpaired) electrons. The topological polar surface area (TPSA) is 79.8 Å². The third-order valence-electron chi connectivity index (χ3n) is 4.26. The van der Waals surface area contributed by atoms with Gasteiger partial charge in [0.1, 0.15) is 11.5 Å². The molecule has 26 heavy (non-hydrogen) atoms. The van der Waals surface area contributed by atoms with Crippen LogP contribution in [-0.2, 0) is 6.54 Å². The van der Waals surface area contributed by atoms with Crippen molar-refractivity contribution in [3.05, 3.63) is 76.0 Å². The van der Waals surface area contributed by atoms with E-state index in [2.05, 4.69) is 15.3 Å². The van der Waals surface area contributed by atoms with Crippen LogP contribution in [0.5, 0.6) is 0 Å². The molecule has 0 aliphatic heterocycles. The number of halogens is 1. The van der Waals surface area contributed by atoms with E-state index in [1.54, 1.807) is 38.2 Å². The van der Waals surface area contributed by atoms with E-state index in [-0.39, 0.29) is 17.3 Å². The summed E-state index contributed by atoms with van der Waals surface area (Å²) in [4.78, 5) is 31.4. The Bertz CT molecular complexity index is 990. The summed E-state index contributed by atoms with van der Waals surface area (Å²) in [6, 6.07) is 7.75. The molecule has 3 aromatic rings. The summed E-state index contributed by atoms with van der Waals surface area (Å²) in [5, 5.41) is 2.76. The standard InChI is InChI=1S/C19H19FN4O2/c1-12-13(2)23-11-24(19(12)26)8-7-21-18(25)17-9-15(10-22-17)14-3-5-16(20)6-4-14/h3-6,9-11,22H,7-8H2,1-2H3,(H,21,25). The van der Waals surface area contributed by atoms with Crippen molar-refractivity contribution in [1.29, 1.82) is 0 Å². The molecule has 134 valence electrons. The van der Waals surface area contributed by atoms with Gasteiger partial charge >= 0.3 is 0 Å². The summed E-state index contributed by atoms with van der Waals surface area (Å²) >= 11 is 0. The number of rotatable bonds is 5. The maximum absolute atomic E-state index is 13.0. The fourth-order valence-corrected chi connectivity index (χ4v) is 2.55. The molecule has 0 atom stereocenters. The van der Waals surface area contributed by atoms with Gasteiger partial charge in [-0.05, 0) is 43.2 Å². The normalized spacial score (nSPS) is 10.7. The summed E-state index contributed by atoms with van der Waals surface area (Å²) in [5.74, 6) is -0.582. The van der Waals surface area contributed by atoms with Crippen molar-refractivity contribution in [2.45, 2.75) is 20.4 Å². The van der Waals surface area contributed by atoms with Gasteiger partial charge in [0.2, 0.25) is 0 Å². The number of nitrogens with one attached hydrogen (secondary N) is 2. The molecular weight excluding hydrogens is 335 g/mol. The Morgan fingerprint density at radius 1 is 1.23 bits per heavy atom. The van der Waals surface area contributed by atoms with Gasteiger partial charge in [0, 0.05) is 30.5 Å². The molecule has 6 nitrogen and oxygen atoms in total. The highest BCUT2D eigenvalue weighted by molar-refractivity contribution is 5.93. The minimum atomic E-state index is -0.307. The van der Waals surface area contributed by atoms with Gasteiger partial charge in [0.15, 0.2) is 0 Å². The zero-order valence-corrected chi connectivity index (χ0v) is 14.5. The number of benzene rings is 1. The fraction of sp³-hybridized carbons (Fsp3) is 0.211. The van der Waals surface area contributed by atoms with Crippen molar-refractivity contribution >= 4 is 5.91 Å². The first-order valence-corrected chi connectivity index (χ1v) is 8.21. The second-order valence-corrected chi connectivity index (χ2v) is 6.02. The van der Waals surface area contributed by atoms with Gasteiger partial charge in [-0.3, -0.25) is 14.2 Å². The molecule has 0 saturated carbocycles. The van der Waals surface area contributed by atoms with Crippen LogP contribution in [0.3, 0.4) is 0 Å². The van der Waals surface area contributed by atoms with Crippen molar-refractivity contribution < 1.29 is 9.18 Å². The Kier molecular flexibility index (Phi) is 4.97. The lowest BCUT2D eigenvalue weighted by Gasteiger charge is -2.08. The van der Waals surface area contributed by atoms with Crippen LogP contribution < -0.4 is 10.9 Å². The molecule has 0 saturated heterocycles. The summed E-state index contributed by atoms with van der Waals surface area (Å²) < 4.78 is 14.5. The maximum Gasteiger partial charge on any atom is 0.267 e. The number of hydrogen-bond acceptors (Lipinski definition) is 3. The van der Waals surface area contributed by atoms with Crippen molar-refractivity contribution in [3.8, 4) is 11.1 Å². The van der Waals surface area contributed by atoms with Crippen LogP contribution in [0.25, 0.3) is 11.1 Å². The Balaban J connectivity index is 1.62. The van der Waals surface area contributed by atoms with Crippen LogP contribution in [0, 0.1) is 19.7 Å². The molecule has 0 bridgehead atoms. The van der Waals surface area contributed by atoms with Gasteiger partial charge in [-0.1, -0.05) is 12.1 Å². The molecule has 3 rings (SSSR count). The van der Waals surface area contributed by atoms with E-state index >= 15 is 0 Å². The SMILES string of the molecule is Cc1ncn(CCNC(=O)c2cc(-c3ccc(F)cc3)c[nH]2)c(=O)c1C. The second-order valence-electron chi connectivity index (χ2n) is 6.02. The minimum Gasteiger partial charge on any atom is -0.357 e. The Morgan fingerprint density at radius 3 is 2.69 bits per heavy atom. The number of carbonyl (C=O) groups excluding carboxylic acids is 1. The van der Waals surface area contributed by atoms with E-state index in [0.29, 0.717) is 30.0 Å². The van der Waals surface area contributed by atoms with Crippen LogP contribution in [0.2, 0.25) is 0 Å². The predicted molar refractivity (Wildman–Crippen MR) is 96.5 cm³/mol. The fourth-order valence-electron chi connectivity index (χ4n) is 2.55. The van der Waals surface area contributed by atoms with Gasteiger partial charge in [0.25, 0.3) is 11.5 Å². The average Bonchev–Trinajstić information content (AvgIpc) is 3.12. The molecule has 1 aromatic carbocycles. The van der Waals surface area contributed by atoms with Gasteiger partial charge in [-0.2, -0.15) is 0 Å². The van der Waals surface area contributed by atoms with Crippen molar-refractivity contribution in [1.82, 2.24) is 19.9 Å². The number of aromatic nitrogens is 3. The first-order valence-electron chi connectivity index (χ1n) is 8.21. The monoisotopic (exact) mass is 354 g/mol. The van der Waals surface area contributed by atoms with Crippen LogP contribution in [0.15, 0.2) is 47.7 Å². The summed E-state index contributed by atoms with van der Waals surface area (Å²) in [6.45, 7) is 4.15.